The van der Waals surface area contributed by atoms with Crippen LogP contribution >= 0.6 is 0 Å². The first-order chi connectivity index (χ1) is 17.0. The van der Waals surface area contributed by atoms with Gasteiger partial charge in [0.15, 0.2) is 11.5 Å². The standard InChI is InChI=1S/C23H23N9O3/c1-12-3-6-19(30-29-12)31-9-13-7-16(22(31)33)26-18-8-15(24-2)20-21(28-18)32(11-25-20)23(34)27-14-4-5-17(14)35-10-13/h3,6-9,11,14,17H,4-5,10H2,1-2H3,(H,27,34)(H2,24,26,28)/t14-,17-/m1/s1. The van der Waals surface area contributed by atoms with Gasteiger partial charge in [-0.15, -0.1) is 5.10 Å². The number of carbonyl (C=O) groups excluding carboxylic acids is 1. The SMILES string of the molecule is CNc1cc2nc3c1ncn3C(=O)N[C@@H]1CC[C@H]1OCc1cc(c(=O)n(-c3ccc(C)nn3)c1)N2. The Bertz CT molecular complexity index is 1510. The number of carbonyl (C=O) groups is 1. The zero-order chi connectivity index (χ0) is 24.1. The van der Waals surface area contributed by atoms with Crippen molar-refractivity contribution >= 4 is 34.4 Å². The zero-order valence-corrected chi connectivity index (χ0v) is 19.1. The Morgan fingerprint density at radius 3 is 2.77 bits per heavy atom. The molecule has 0 aromatic carbocycles. The lowest BCUT2D eigenvalue weighted by Gasteiger charge is -2.36. The zero-order valence-electron chi connectivity index (χ0n) is 19.1. The van der Waals surface area contributed by atoms with Crippen molar-refractivity contribution < 1.29 is 9.53 Å². The van der Waals surface area contributed by atoms with E-state index in [0.29, 0.717) is 34.2 Å². The summed E-state index contributed by atoms with van der Waals surface area (Å²) >= 11 is 0. The number of imidazole rings is 1. The lowest BCUT2D eigenvalue weighted by molar-refractivity contribution is -0.0324. The molecule has 4 bridgehead atoms. The number of fused-ring (bicyclic) bond motifs is 4. The van der Waals surface area contributed by atoms with E-state index in [9.17, 15) is 9.59 Å². The smallest absolute Gasteiger partial charge is 0.328 e. The third-order valence-electron chi connectivity index (χ3n) is 6.34. The molecule has 0 spiro atoms. The second kappa shape index (κ2) is 8.17. The summed E-state index contributed by atoms with van der Waals surface area (Å²) in [6.07, 6.45) is 4.66. The van der Waals surface area contributed by atoms with E-state index in [1.807, 2.05) is 6.92 Å². The van der Waals surface area contributed by atoms with Gasteiger partial charge in [-0.25, -0.2) is 19.3 Å². The number of aromatic nitrogens is 6. The molecule has 1 aliphatic heterocycles. The number of nitrogens with one attached hydrogen (secondary N) is 3. The summed E-state index contributed by atoms with van der Waals surface area (Å²) in [5.41, 5.74) is 3.07. The molecule has 1 saturated carbocycles. The summed E-state index contributed by atoms with van der Waals surface area (Å²) in [4.78, 5) is 35.4. The highest BCUT2D eigenvalue weighted by Crippen LogP contribution is 2.28. The van der Waals surface area contributed by atoms with Crippen LogP contribution in [0, 0.1) is 6.92 Å². The van der Waals surface area contributed by atoms with Crippen molar-refractivity contribution in [3.05, 3.63) is 58.4 Å². The number of anilines is 3. The first-order valence-corrected chi connectivity index (χ1v) is 11.3. The van der Waals surface area contributed by atoms with E-state index in [0.717, 1.165) is 24.1 Å². The Morgan fingerprint density at radius 1 is 1.14 bits per heavy atom. The van der Waals surface area contributed by atoms with Gasteiger partial charge < -0.3 is 20.7 Å². The van der Waals surface area contributed by atoms with Gasteiger partial charge in [-0.05, 0) is 43.5 Å². The maximum atomic E-state index is 13.4. The summed E-state index contributed by atoms with van der Waals surface area (Å²) in [6, 6.07) is 6.59. The van der Waals surface area contributed by atoms with E-state index in [-0.39, 0.29) is 30.3 Å². The van der Waals surface area contributed by atoms with Crippen LogP contribution < -0.4 is 21.5 Å². The summed E-state index contributed by atoms with van der Waals surface area (Å²) < 4.78 is 8.94. The molecule has 0 unspecified atom stereocenters. The number of rotatable bonds is 2. The number of aryl methyl sites for hydroxylation is 1. The van der Waals surface area contributed by atoms with Crippen LogP contribution in [-0.4, -0.2) is 54.5 Å². The largest absolute Gasteiger partial charge is 0.386 e. The van der Waals surface area contributed by atoms with Crippen LogP contribution in [0.4, 0.5) is 22.0 Å². The highest BCUT2D eigenvalue weighted by atomic mass is 16.5. The molecule has 4 aromatic rings. The molecule has 3 N–H and O–H groups in total. The van der Waals surface area contributed by atoms with Gasteiger partial charge in [0.05, 0.1) is 30.1 Å². The fourth-order valence-corrected chi connectivity index (χ4v) is 4.29. The van der Waals surface area contributed by atoms with E-state index in [1.54, 1.807) is 37.5 Å². The molecule has 0 radical (unpaired) electrons. The van der Waals surface area contributed by atoms with Gasteiger partial charge in [0.2, 0.25) is 0 Å². The van der Waals surface area contributed by atoms with Crippen LogP contribution in [0.2, 0.25) is 0 Å². The van der Waals surface area contributed by atoms with Crippen molar-refractivity contribution in [2.45, 2.75) is 38.5 Å². The van der Waals surface area contributed by atoms with Crippen LogP contribution in [0.5, 0.6) is 0 Å². The second-order valence-electron chi connectivity index (χ2n) is 8.67. The highest BCUT2D eigenvalue weighted by Gasteiger charge is 2.34. The average molecular weight is 473 g/mol. The fraction of sp³-hybridized carbons (Fsp3) is 0.304. The van der Waals surface area contributed by atoms with E-state index >= 15 is 0 Å². The molecule has 12 heteroatoms. The molecule has 6 rings (SSSR count). The molecule has 1 amide bonds. The van der Waals surface area contributed by atoms with Gasteiger partial charge >= 0.3 is 6.03 Å². The van der Waals surface area contributed by atoms with Crippen molar-refractivity contribution in [3.8, 4) is 5.82 Å². The van der Waals surface area contributed by atoms with Crippen LogP contribution in [-0.2, 0) is 11.3 Å². The molecule has 0 saturated heterocycles. The minimum Gasteiger partial charge on any atom is -0.386 e. The number of amides is 1. The van der Waals surface area contributed by atoms with E-state index < -0.39 is 0 Å². The van der Waals surface area contributed by atoms with E-state index in [4.69, 9.17) is 4.74 Å². The molecule has 4 aromatic heterocycles. The number of nitrogens with zero attached hydrogens (tertiary/aromatic N) is 6. The highest BCUT2D eigenvalue weighted by molar-refractivity contribution is 5.94. The lowest BCUT2D eigenvalue weighted by Crippen LogP contribution is -2.52. The minimum atomic E-state index is -0.326. The quantitative estimate of drug-likeness (QED) is 0.399. The topological polar surface area (TPSA) is 141 Å². The minimum absolute atomic E-state index is 0.124. The van der Waals surface area contributed by atoms with Crippen LogP contribution in [0.1, 0.15) is 24.1 Å². The molecular formula is C23H23N9O3. The van der Waals surface area contributed by atoms with Crippen molar-refractivity contribution in [3.63, 3.8) is 0 Å². The number of hydrogen-bond donors (Lipinski definition) is 3. The monoisotopic (exact) mass is 473 g/mol. The summed E-state index contributed by atoms with van der Waals surface area (Å²) in [7, 11) is 1.76. The second-order valence-corrected chi connectivity index (χ2v) is 8.67. The maximum absolute atomic E-state index is 13.4. The summed E-state index contributed by atoms with van der Waals surface area (Å²) in [6.45, 7) is 2.09. The third kappa shape index (κ3) is 3.67. The van der Waals surface area contributed by atoms with Crippen LogP contribution in [0.15, 0.2) is 41.6 Å². The van der Waals surface area contributed by atoms with Gasteiger partial charge in [0, 0.05) is 19.3 Å². The fourth-order valence-electron chi connectivity index (χ4n) is 4.29. The van der Waals surface area contributed by atoms with Crippen molar-refractivity contribution in [2.75, 3.05) is 17.7 Å². The molecule has 2 atom stereocenters. The summed E-state index contributed by atoms with van der Waals surface area (Å²) in [5, 5.41) is 17.5. The van der Waals surface area contributed by atoms with Gasteiger partial charge in [-0.2, -0.15) is 5.10 Å². The normalized spacial score (nSPS) is 19.3. The molecule has 1 fully saturated rings. The predicted molar refractivity (Wildman–Crippen MR) is 128 cm³/mol. The molecule has 1 aliphatic carbocycles. The average Bonchev–Trinajstić information content (AvgIpc) is 3.27. The van der Waals surface area contributed by atoms with Gasteiger partial charge in [0.1, 0.15) is 23.3 Å². The molecule has 35 heavy (non-hydrogen) atoms. The number of pyridine rings is 2. The number of hydrogen-bond acceptors (Lipinski definition) is 9. The maximum Gasteiger partial charge on any atom is 0.328 e. The first kappa shape index (κ1) is 21.2. The van der Waals surface area contributed by atoms with Crippen molar-refractivity contribution in [2.24, 2.45) is 0 Å². The predicted octanol–water partition coefficient (Wildman–Crippen LogP) is 2.08. The van der Waals surface area contributed by atoms with Crippen molar-refractivity contribution in [1.29, 1.82) is 0 Å². The first-order valence-electron chi connectivity index (χ1n) is 11.3. The molecule has 2 aliphatic rings. The third-order valence-corrected chi connectivity index (χ3v) is 6.34. The Kier molecular flexibility index (Phi) is 4.95. The Labute approximate surface area is 199 Å². The van der Waals surface area contributed by atoms with Gasteiger partial charge in [-0.1, -0.05) is 0 Å². The van der Waals surface area contributed by atoms with Gasteiger partial charge in [-0.3, -0.25) is 9.36 Å². The van der Waals surface area contributed by atoms with Crippen molar-refractivity contribution in [1.82, 2.24) is 34.6 Å². The van der Waals surface area contributed by atoms with Gasteiger partial charge in [0.25, 0.3) is 5.56 Å². The molecule has 178 valence electrons. The van der Waals surface area contributed by atoms with E-state index in [2.05, 4.69) is 36.1 Å². The lowest BCUT2D eigenvalue weighted by atomic mass is 9.89. The Morgan fingerprint density at radius 2 is 2.03 bits per heavy atom. The Hall–Kier alpha value is -4.32. The van der Waals surface area contributed by atoms with Crippen LogP contribution in [0.3, 0.4) is 0 Å². The van der Waals surface area contributed by atoms with E-state index in [1.165, 1.54) is 15.5 Å². The molecular weight excluding hydrogens is 450 g/mol. The van der Waals surface area contributed by atoms with Crippen LogP contribution in [0.25, 0.3) is 17.0 Å². The molecule has 5 heterocycles. The number of ether oxygens (including phenoxy) is 1. The Balaban J connectivity index is 1.53. The summed E-state index contributed by atoms with van der Waals surface area (Å²) in [5.74, 6) is 0.782. The molecule has 12 nitrogen and oxygen atoms in total.